The fourth-order valence-electron chi connectivity index (χ4n) is 2.33. The molecule has 3 rings (SSSR count). The number of rotatable bonds is 2. The molecule has 1 aliphatic rings. The molecule has 0 saturated heterocycles. The van der Waals surface area contributed by atoms with E-state index in [9.17, 15) is 9.90 Å². The van der Waals surface area contributed by atoms with Crippen LogP contribution in [0.5, 0.6) is 5.75 Å². The van der Waals surface area contributed by atoms with Crippen molar-refractivity contribution in [3.05, 3.63) is 50.1 Å². The standard InChI is InChI=1S/C14H12Cl2N2O2/c1-7-4-11(19)13(16)14(20)18(7)10-5-12(15)17-6-9(10)8-2-3-8/h4-6,8,19H,2-3H2,1H3. The molecule has 6 heteroatoms. The maximum absolute atomic E-state index is 12.3. The lowest BCUT2D eigenvalue weighted by atomic mass is 10.1. The van der Waals surface area contributed by atoms with E-state index in [1.807, 2.05) is 0 Å². The highest BCUT2D eigenvalue weighted by Crippen LogP contribution is 2.43. The lowest BCUT2D eigenvalue weighted by Crippen LogP contribution is -2.22. The maximum Gasteiger partial charge on any atom is 0.277 e. The van der Waals surface area contributed by atoms with Gasteiger partial charge in [-0.15, -0.1) is 0 Å². The Hall–Kier alpha value is -1.52. The van der Waals surface area contributed by atoms with Gasteiger partial charge in [0, 0.05) is 18.0 Å². The number of halogens is 2. The SMILES string of the molecule is Cc1cc(O)c(Cl)c(=O)n1-c1cc(Cl)ncc1C1CC1. The van der Waals surface area contributed by atoms with Crippen molar-refractivity contribution in [2.75, 3.05) is 0 Å². The van der Waals surface area contributed by atoms with Crippen molar-refractivity contribution in [1.82, 2.24) is 9.55 Å². The molecular formula is C14H12Cl2N2O2. The summed E-state index contributed by atoms with van der Waals surface area (Å²) < 4.78 is 1.48. The topological polar surface area (TPSA) is 55.1 Å². The predicted molar refractivity (Wildman–Crippen MR) is 78.2 cm³/mol. The second kappa shape index (κ2) is 4.79. The minimum absolute atomic E-state index is 0.190. The number of aromatic hydroxyl groups is 1. The molecule has 1 aliphatic carbocycles. The molecule has 2 aromatic rings. The number of hydrogen-bond acceptors (Lipinski definition) is 3. The Morgan fingerprint density at radius 3 is 2.70 bits per heavy atom. The first-order valence-electron chi connectivity index (χ1n) is 6.26. The molecule has 1 saturated carbocycles. The van der Waals surface area contributed by atoms with Crippen LogP contribution in [0.4, 0.5) is 0 Å². The van der Waals surface area contributed by atoms with Gasteiger partial charge >= 0.3 is 0 Å². The molecule has 104 valence electrons. The van der Waals surface area contributed by atoms with Gasteiger partial charge in [-0.1, -0.05) is 23.2 Å². The van der Waals surface area contributed by atoms with Gasteiger partial charge in [-0.2, -0.15) is 0 Å². The zero-order valence-corrected chi connectivity index (χ0v) is 12.2. The quantitative estimate of drug-likeness (QED) is 0.865. The summed E-state index contributed by atoms with van der Waals surface area (Å²) in [7, 11) is 0. The zero-order chi connectivity index (χ0) is 14.4. The van der Waals surface area contributed by atoms with E-state index in [2.05, 4.69) is 4.98 Å². The van der Waals surface area contributed by atoms with Crippen LogP contribution in [-0.2, 0) is 0 Å². The summed E-state index contributed by atoms with van der Waals surface area (Å²) in [5.74, 6) is 0.201. The molecule has 0 unspecified atom stereocenters. The van der Waals surface area contributed by atoms with Gasteiger partial charge in [0.1, 0.15) is 15.9 Å². The molecular weight excluding hydrogens is 299 g/mol. The van der Waals surface area contributed by atoms with Crippen LogP contribution in [0.2, 0.25) is 10.2 Å². The van der Waals surface area contributed by atoms with Crippen LogP contribution in [0.15, 0.2) is 23.1 Å². The first kappa shape index (κ1) is 13.5. The maximum atomic E-state index is 12.3. The van der Waals surface area contributed by atoms with Crippen molar-refractivity contribution in [3.63, 3.8) is 0 Å². The molecule has 4 nitrogen and oxygen atoms in total. The summed E-state index contributed by atoms with van der Waals surface area (Å²) in [5.41, 5.74) is 1.83. The fraction of sp³-hybridized carbons (Fsp3) is 0.286. The normalized spacial score (nSPS) is 14.6. The molecule has 0 bridgehead atoms. The van der Waals surface area contributed by atoms with Crippen molar-refractivity contribution in [1.29, 1.82) is 0 Å². The van der Waals surface area contributed by atoms with Crippen LogP contribution in [-0.4, -0.2) is 14.7 Å². The molecule has 2 heterocycles. The van der Waals surface area contributed by atoms with Crippen LogP contribution >= 0.6 is 23.2 Å². The average molecular weight is 311 g/mol. The molecule has 0 atom stereocenters. The van der Waals surface area contributed by atoms with Crippen molar-refractivity contribution < 1.29 is 5.11 Å². The Kier molecular flexibility index (Phi) is 3.22. The molecule has 20 heavy (non-hydrogen) atoms. The number of aromatic nitrogens is 2. The first-order valence-corrected chi connectivity index (χ1v) is 7.01. The number of aryl methyl sites for hydroxylation is 1. The first-order chi connectivity index (χ1) is 9.49. The Bertz CT molecular complexity index is 752. The monoisotopic (exact) mass is 310 g/mol. The largest absolute Gasteiger partial charge is 0.506 e. The van der Waals surface area contributed by atoms with Crippen LogP contribution < -0.4 is 5.56 Å². The van der Waals surface area contributed by atoms with Crippen molar-refractivity contribution >= 4 is 23.2 Å². The van der Waals surface area contributed by atoms with Crippen LogP contribution in [0.25, 0.3) is 5.69 Å². The predicted octanol–water partition coefficient (Wildman–Crippen LogP) is 3.43. The highest BCUT2D eigenvalue weighted by atomic mass is 35.5. The highest BCUT2D eigenvalue weighted by molar-refractivity contribution is 6.31. The summed E-state index contributed by atoms with van der Waals surface area (Å²) in [6.45, 7) is 1.74. The summed E-state index contributed by atoms with van der Waals surface area (Å²) in [6.07, 6.45) is 3.87. The van der Waals surface area contributed by atoms with Crippen LogP contribution in [0.3, 0.4) is 0 Å². The van der Waals surface area contributed by atoms with E-state index < -0.39 is 5.56 Å². The summed E-state index contributed by atoms with van der Waals surface area (Å²) in [4.78, 5) is 16.4. The fourth-order valence-corrected chi connectivity index (χ4v) is 2.62. The van der Waals surface area contributed by atoms with E-state index in [4.69, 9.17) is 23.2 Å². The number of pyridine rings is 2. The molecule has 0 spiro atoms. The average Bonchev–Trinajstić information content (AvgIpc) is 3.21. The molecule has 0 aliphatic heterocycles. The second-order valence-corrected chi connectivity index (χ2v) is 5.73. The van der Waals surface area contributed by atoms with Gasteiger partial charge in [0.2, 0.25) is 0 Å². The Morgan fingerprint density at radius 1 is 1.35 bits per heavy atom. The highest BCUT2D eigenvalue weighted by Gasteiger charge is 2.28. The van der Waals surface area contributed by atoms with Gasteiger partial charge in [-0.3, -0.25) is 9.36 Å². The molecule has 2 aromatic heterocycles. The number of nitrogens with zero attached hydrogens (tertiary/aromatic N) is 2. The molecule has 0 amide bonds. The minimum atomic E-state index is -0.451. The van der Waals surface area contributed by atoms with E-state index in [0.717, 1.165) is 18.4 Å². The van der Waals surface area contributed by atoms with Crippen molar-refractivity contribution in [2.24, 2.45) is 0 Å². The Balaban J connectivity index is 2.31. The number of hydrogen-bond donors (Lipinski definition) is 1. The van der Waals surface area contributed by atoms with Gasteiger partial charge in [0.25, 0.3) is 5.56 Å². The smallest absolute Gasteiger partial charge is 0.277 e. The lowest BCUT2D eigenvalue weighted by Gasteiger charge is -2.15. The van der Waals surface area contributed by atoms with Gasteiger partial charge in [0.15, 0.2) is 0 Å². The Labute approximate surface area is 125 Å². The third-order valence-electron chi connectivity index (χ3n) is 3.45. The zero-order valence-electron chi connectivity index (χ0n) is 10.7. The second-order valence-electron chi connectivity index (χ2n) is 4.97. The summed E-state index contributed by atoms with van der Waals surface area (Å²) in [5, 5.41) is 9.74. The molecule has 1 N–H and O–H groups in total. The Morgan fingerprint density at radius 2 is 2.05 bits per heavy atom. The molecule has 1 fully saturated rings. The van der Waals surface area contributed by atoms with E-state index in [1.54, 1.807) is 19.2 Å². The molecule has 0 radical (unpaired) electrons. The van der Waals surface area contributed by atoms with Gasteiger partial charge < -0.3 is 5.11 Å². The minimum Gasteiger partial charge on any atom is -0.506 e. The lowest BCUT2D eigenvalue weighted by molar-refractivity contribution is 0.472. The van der Waals surface area contributed by atoms with E-state index in [0.29, 0.717) is 22.5 Å². The van der Waals surface area contributed by atoms with Crippen LogP contribution in [0, 0.1) is 6.92 Å². The van der Waals surface area contributed by atoms with Gasteiger partial charge in [0.05, 0.1) is 5.69 Å². The van der Waals surface area contributed by atoms with Gasteiger partial charge in [-0.25, -0.2) is 4.98 Å². The summed E-state index contributed by atoms with van der Waals surface area (Å²) in [6, 6.07) is 3.13. The van der Waals surface area contributed by atoms with Crippen molar-refractivity contribution in [2.45, 2.75) is 25.7 Å². The van der Waals surface area contributed by atoms with E-state index in [-0.39, 0.29) is 10.8 Å². The van der Waals surface area contributed by atoms with E-state index in [1.165, 1.54) is 10.6 Å². The van der Waals surface area contributed by atoms with Gasteiger partial charge in [-0.05, 0) is 37.3 Å². The van der Waals surface area contributed by atoms with E-state index >= 15 is 0 Å². The van der Waals surface area contributed by atoms with Crippen LogP contribution in [0.1, 0.15) is 30.0 Å². The third kappa shape index (κ3) is 2.19. The molecule has 0 aromatic carbocycles. The van der Waals surface area contributed by atoms with Crippen molar-refractivity contribution in [3.8, 4) is 11.4 Å². The summed E-state index contributed by atoms with van der Waals surface area (Å²) >= 11 is 11.8. The third-order valence-corrected chi connectivity index (χ3v) is 4.01.